The molecule has 0 aromatic heterocycles. The number of nitrogens with one attached hydrogen (secondary N) is 1. The number of ether oxygens (including phenoxy) is 5. The maximum atomic E-state index is 12.9. The van der Waals surface area contributed by atoms with E-state index in [1.54, 1.807) is 58.8 Å². The van der Waals surface area contributed by atoms with Crippen molar-refractivity contribution in [1.29, 1.82) is 0 Å². The third kappa shape index (κ3) is 5.57. The second-order valence-electron chi connectivity index (χ2n) is 7.22. The Morgan fingerprint density at radius 1 is 0.935 bits per heavy atom. The Kier molecular flexibility index (Phi) is 7.92. The fourth-order valence-corrected chi connectivity index (χ4v) is 3.64. The third-order valence-corrected chi connectivity index (χ3v) is 5.32. The molecule has 2 aromatic carbocycles. The first kappa shape index (κ1) is 22.7. The molecular weight excluding hydrogens is 398 g/mol. The lowest BCUT2D eigenvalue weighted by Gasteiger charge is -2.24. The van der Waals surface area contributed by atoms with E-state index in [2.05, 4.69) is 0 Å². The van der Waals surface area contributed by atoms with E-state index in [0.717, 1.165) is 49.7 Å². The molecule has 166 valence electrons. The van der Waals surface area contributed by atoms with Gasteiger partial charge in [0.25, 0.3) is 0 Å². The van der Waals surface area contributed by atoms with Crippen LogP contribution in [0, 0.1) is 0 Å². The van der Waals surface area contributed by atoms with Gasteiger partial charge in [-0.25, -0.2) is 0 Å². The smallest absolute Gasteiger partial charge is 0.203 e. The van der Waals surface area contributed by atoms with Crippen molar-refractivity contribution in [2.75, 3.05) is 54.7 Å². The van der Waals surface area contributed by atoms with Crippen LogP contribution in [0.4, 0.5) is 0 Å². The molecule has 0 aliphatic carbocycles. The molecule has 2 aromatic rings. The van der Waals surface area contributed by atoms with E-state index in [0.29, 0.717) is 22.8 Å². The van der Waals surface area contributed by atoms with Crippen molar-refractivity contribution < 1.29 is 33.4 Å². The summed E-state index contributed by atoms with van der Waals surface area (Å²) in [5.74, 6) is 2.29. The summed E-state index contributed by atoms with van der Waals surface area (Å²) >= 11 is 0. The molecule has 1 fully saturated rings. The average Bonchev–Trinajstić information content (AvgIpc) is 2.82. The van der Waals surface area contributed by atoms with Gasteiger partial charge in [0.1, 0.15) is 25.4 Å². The van der Waals surface area contributed by atoms with E-state index in [9.17, 15) is 4.79 Å². The van der Waals surface area contributed by atoms with Gasteiger partial charge < -0.3 is 28.6 Å². The van der Waals surface area contributed by atoms with Crippen LogP contribution in [0.1, 0.15) is 21.5 Å². The number of morpholine rings is 1. The second kappa shape index (κ2) is 10.8. The Morgan fingerprint density at radius 3 is 2.16 bits per heavy atom. The second-order valence-corrected chi connectivity index (χ2v) is 7.22. The van der Waals surface area contributed by atoms with Gasteiger partial charge in [-0.15, -0.1) is 0 Å². The molecule has 1 N–H and O–H groups in total. The minimum Gasteiger partial charge on any atom is -0.496 e. The highest BCUT2D eigenvalue weighted by atomic mass is 16.5. The Hall–Kier alpha value is -3.03. The van der Waals surface area contributed by atoms with Crippen molar-refractivity contribution >= 4 is 11.9 Å². The Morgan fingerprint density at radius 2 is 1.58 bits per heavy atom. The Labute approximate surface area is 183 Å². The number of benzene rings is 2. The highest BCUT2D eigenvalue weighted by Gasteiger charge is 2.18. The van der Waals surface area contributed by atoms with Gasteiger partial charge in [0.15, 0.2) is 17.3 Å². The van der Waals surface area contributed by atoms with Crippen molar-refractivity contribution in [3.05, 3.63) is 53.1 Å². The number of carbonyl (C=O) groups excluding carboxylic acids is 1. The molecule has 7 nitrogen and oxygen atoms in total. The summed E-state index contributed by atoms with van der Waals surface area (Å²) in [4.78, 5) is 14.3. The fraction of sp³-hybridized carbons (Fsp3) is 0.375. The maximum Gasteiger partial charge on any atom is 0.203 e. The molecule has 0 bridgehead atoms. The van der Waals surface area contributed by atoms with Crippen LogP contribution in [-0.4, -0.2) is 60.5 Å². The number of rotatable bonds is 9. The van der Waals surface area contributed by atoms with Crippen LogP contribution in [0.2, 0.25) is 0 Å². The standard InChI is InChI=1S/C24H29NO6/c1-27-21-8-6-18(15-19(21)16-25-9-11-31-12-10-25)20(26)7-5-17-13-22(28-2)24(30-4)23(14-17)29-3/h5-8,13-15H,9-12,16H2,1-4H3/p+1/b7-5+. The molecule has 7 heteroatoms. The number of ketones is 1. The number of methoxy groups -OCH3 is 4. The van der Waals surface area contributed by atoms with E-state index in [1.807, 2.05) is 12.1 Å². The SMILES string of the molecule is COc1ccc(C(=O)/C=C/c2cc(OC)c(OC)c(OC)c2)cc1C[NH+]1CCOCC1. The maximum absolute atomic E-state index is 12.9. The summed E-state index contributed by atoms with van der Waals surface area (Å²) in [6.45, 7) is 4.20. The Balaban J connectivity index is 1.81. The quantitative estimate of drug-likeness (QED) is 0.487. The van der Waals surface area contributed by atoms with E-state index in [-0.39, 0.29) is 5.78 Å². The first-order valence-corrected chi connectivity index (χ1v) is 10.2. The van der Waals surface area contributed by atoms with Gasteiger partial charge in [0.2, 0.25) is 5.75 Å². The zero-order valence-corrected chi connectivity index (χ0v) is 18.5. The molecule has 0 unspecified atom stereocenters. The molecule has 0 saturated carbocycles. The molecule has 0 amide bonds. The third-order valence-electron chi connectivity index (χ3n) is 5.32. The summed E-state index contributed by atoms with van der Waals surface area (Å²) in [5.41, 5.74) is 2.41. The molecule has 1 aliphatic rings. The number of quaternary nitrogens is 1. The molecule has 1 aliphatic heterocycles. The van der Waals surface area contributed by atoms with E-state index >= 15 is 0 Å². The summed E-state index contributed by atoms with van der Waals surface area (Å²) < 4.78 is 27.0. The summed E-state index contributed by atoms with van der Waals surface area (Å²) in [5, 5.41) is 0. The van der Waals surface area contributed by atoms with E-state index in [4.69, 9.17) is 23.7 Å². The van der Waals surface area contributed by atoms with Crippen molar-refractivity contribution in [2.45, 2.75) is 6.54 Å². The number of hydrogen-bond acceptors (Lipinski definition) is 6. The lowest BCUT2D eigenvalue weighted by atomic mass is 10.0. The van der Waals surface area contributed by atoms with Gasteiger partial charge >= 0.3 is 0 Å². The van der Waals surface area contributed by atoms with Crippen LogP contribution in [-0.2, 0) is 11.3 Å². The summed E-state index contributed by atoms with van der Waals surface area (Å²) in [6, 6.07) is 9.16. The first-order chi connectivity index (χ1) is 15.1. The van der Waals surface area contributed by atoms with Crippen molar-refractivity contribution in [3.8, 4) is 23.0 Å². The molecular formula is C24H30NO6+. The van der Waals surface area contributed by atoms with Gasteiger partial charge in [0, 0.05) is 11.1 Å². The zero-order chi connectivity index (χ0) is 22.2. The monoisotopic (exact) mass is 428 g/mol. The van der Waals surface area contributed by atoms with Gasteiger partial charge in [-0.3, -0.25) is 4.79 Å². The van der Waals surface area contributed by atoms with Crippen LogP contribution in [0.15, 0.2) is 36.4 Å². The fourth-order valence-electron chi connectivity index (χ4n) is 3.64. The van der Waals surface area contributed by atoms with Gasteiger partial charge in [0.05, 0.1) is 41.7 Å². The van der Waals surface area contributed by atoms with Crippen LogP contribution in [0.25, 0.3) is 6.08 Å². The van der Waals surface area contributed by atoms with Crippen molar-refractivity contribution in [1.82, 2.24) is 0 Å². The van der Waals surface area contributed by atoms with Gasteiger partial charge in [-0.1, -0.05) is 6.08 Å². The highest BCUT2D eigenvalue weighted by molar-refractivity contribution is 6.07. The number of allylic oxidation sites excluding steroid dienone is 1. The van der Waals surface area contributed by atoms with Crippen LogP contribution < -0.4 is 23.8 Å². The molecule has 0 atom stereocenters. The molecule has 0 radical (unpaired) electrons. The van der Waals surface area contributed by atoms with Gasteiger partial charge in [-0.05, 0) is 42.0 Å². The molecule has 1 saturated heterocycles. The minimum atomic E-state index is -0.0883. The van der Waals surface area contributed by atoms with E-state index < -0.39 is 0 Å². The lowest BCUT2D eigenvalue weighted by Crippen LogP contribution is -3.12. The topological polar surface area (TPSA) is 67.7 Å². The van der Waals surface area contributed by atoms with Crippen molar-refractivity contribution in [2.24, 2.45) is 0 Å². The number of hydrogen-bond donors (Lipinski definition) is 1. The van der Waals surface area contributed by atoms with Crippen LogP contribution >= 0.6 is 0 Å². The average molecular weight is 429 g/mol. The van der Waals surface area contributed by atoms with Gasteiger partial charge in [-0.2, -0.15) is 0 Å². The van der Waals surface area contributed by atoms with Crippen LogP contribution in [0.3, 0.4) is 0 Å². The molecule has 31 heavy (non-hydrogen) atoms. The predicted octanol–water partition coefficient (Wildman–Crippen LogP) is 2.03. The zero-order valence-electron chi connectivity index (χ0n) is 18.5. The largest absolute Gasteiger partial charge is 0.496 e. The minimum absolute atomic E-state index is 0.0883. The normalized spacial score (nSPS) is 14.5. The molecule has 0 spiro atoms. The van der Waals surface area contributed by atoms with Crippen molar-refractivity contribution in [3.63, 3.8) is 0 Å². The predicted molar refractivity (Wildman–Crippen MR) is 118 cm³/mol. The molecule has 1 heterocycles. The Bertz CT molecular complexity index is 909. The van der Waals surface area contributed by atoms with E-state index in [1.165, 1.54) is 4.90 Å². The summed E-state index contributed by atoms with van der Waals surface area (Å²) in [7, 11) is 6.33. The summed E-state index contributed by atoms with van der Waals surface area (Å²) in [6.07, 6.45) is 3.29. The number of carbonyl (C=O) groups is 1. The highest BCUT2D eigenvalue weighted by Crippen LogP contribution is 2.38. The first-order valence-electron chi connectivity index (χ1n) is 10.2. The lowest BCUT2D eigenvalue weighted by molar-refractivity contribution is -0.921. The molecule has 3 rings (SSSR count). The van der Waals surface area contributed by atoms with Crippen LogP contribution in [0.5, 0.6) is 23.0 Å².